The molecule has 154 valence electrons. The van der Waals surface area contributed by atoms with E-state index in [0.29, 0.717) is 32.5 Å². The summed E-state index contributed by atoms with van der Waals surface area (Å²) in [5.74, 6) is -0.904. The monoisotopic (exact) mass is 396 g/mol. The van der Waals surface area contributed by atoms with Gasteiger partial charge in [0.15, 0.2) is 0 Å². The molecule has 0 bridgehead atoms. The van der Waals surface area contributed by atoms with E-state index in [1.807, 2.05) is 30.3 Å². The standard InChI is InChI=1S/C23H28N2O4/c1-2-29-22(28)23-11-10-17-9-6-12-25(20(17)23)21(27)18(14-23)13-19(26)24-15-16-7-4-3-5-8-16/h3-5,7-8,18H,2,6,9-15H2,1H3,(H,24,26)/t18-,23-/m1/s1. The fraction of sp³-hybridized carbons (Fsp3) is 0.522. The molecule has 3 aliphatic rings. The molecule has 0 saturated carbocycles. The number of nitrogens with one attached hydrogen (secondary N) is 1. The molecule has 6 nitrogen and oxygen atoms in total. The molecule has 1 N–H and O–H groups in total. The van der Waals surface area contributed by atoms with E-state index in [0.717, 1.165) is 30.5 Å². The summed E-state index contributed by atoms with van der Waals surface area (Å²) in [7, 11) is 0. The Kier molecular flexibility index (Phi) is 5.43. The SMILES string of the molecule is CCOC(=O)[C@@]12CCC3=C1N(CCC3)C(=O)[C@H](CC(=O)NCc1ccccc1)C2. The number of carbonyl (C=O) groups is 3. The van der Waals surface area contributed by atoms with Gasteiger partial charge in [-0.3, -0.25) is 14.4 Å². The molecule has 0 spiro atoms. The lowest BCUT2D eigenvalue weighted by Gasteiger charge is -2.45. The first-order valence-corrected chi connectivity index (χ1v) is 10.6. The van der Waals surface area contributed by atoms with Gasteiger partial charge in [0.25, 0.3) is 0 Å². The fourth-order valence-corrected chi connectivity index (χ4v) is 5.15. The van der Waals surface area contributed by atoms with Crippen LogP contribution in [0.3, 0.4) is 0 Å². The number of hydrogen-bond acceptors (Lipinski definition) is 4. The van der Waals surface area contributed by atoms with Gasteiger partial charge in [0, 0.05) is 31.1 Å². The highest BCUT2D eigenvalue weighted by Crippen LogP contribution is 2.55. The number of ether oxygens (including phenoxy) is 1. The number of hydrogen-bond donors (Lipinski definition) is 1. The first kappa shape index (κ1) is 19.7. The van der Waals surface area contributed by atoms with Gasteiger partial charge in [-0.1, -0.05) is 30.3 Å². The van der Waals surface area contributed by atoms with E-state index in [9.17, 15) is 14.4 Å². The normalized spacial score (nSPS) is 25.6. The summed E-state index contributed by atoms with van der Waals surface area (Å²) >= 11 is 0. The summed E-state index contributed by atoms with van der Waals surface area (Å²) in [6.45, 7) is 3.18. The molecular formula is C23H28N2O4. The molecule has 2 heterocycles. The molecule has 0 unspecified atom stereocenters. The fourth-order valence-electron chi connectivity index (χ4n) is 5.15. The van der Waals surface area contributed by atoms with Crippen LogP contribution < -0.4 is 5.32 Å². The van der Waals surface area contributed by atoms with Crippen molar-refractivity contribution < 1.29 is 19.1 Å². The molecule has 1 aromatic rings. The van der Waals surface area contributed by atoms with Gasteiger partial charge in [0.2, 0.25) is 11.8 Å². The highest BCUT2D eigenvalue weighted by atomic mass is 16.5. The zero-order valence-electron chi connectivity index (χ0n) is 16.9. The molecule has 1 aromatic carbocycles. The van der Waals surface area contributed by atoms with Crippen molar-refractivity contribution in [1.29, 1.82) is 0 Å². The molecule has 1 saturated heterocycles. The Hall–Kier alpha value is -2.63. The molecule has 1 fully saturated rings. The van der Waals surface area contributed by atoms with Crippen molar-refractivity contribution in [3.63, 3.8) is 0 Å². The van der Waals surface area contributed by atoms with Gasteiger partial charge in [-0.15, -0.1) is 0 Å². The average molecular weight is 396 g/mol. The van der Waals surface area contributed by atoms with Gasteiger partial charge < -0.3 is 15.0 Å². The minimum atomic E-state index is -0.760. The predicted octanol–water partition coefficient (Wildman–Crippen LogP) is 2.93. The van der Waals surface area contributed by atoms with Crippen molar-refractivity contribution in [1.82, 2.24) is 10.2 Å². The van der Waals surface area contributed by atoms with Crippen molar-refractivity contribution in [2.45, 2.75) is 52.0 Å². The minimum absolute atomic E-state index is 0.0196. The lowest BCUT2D eigenvalue weighted by molar-refractivity contribution is -0.161. The molecular weight excluding hydrogens is 368 g/mol. The zero-order chi connectivity index (χ0) is 20.4. The maximum atomic E-state index is 13.2. The van der Waals surface area contributed by atoms with Crippen LogP contribution in [0.5, 0.6) is 0 Å². The van der Waals surface area contributed by atoms with E-state index < -0.39 is 11.3 Å². The van der Waals surface area contributed by atoms with Crippen molar-refractivity contribution in [2.24, 2.45) is 11.3 Å². The molecule has 1 aliphatic carbocycles. The Balaban J connectivity index is 1.52. The summed E-state index contributed by atoms with van der Waals surface area (Å²) in [6, 6.07) is 9.69. The third kappa shape index (κ3) is 3.56. The van der Waals surface area contributed by atoms with E-state index >= 15 is 0 Å². The lowest BCUT2D eigenvalue weighted by Crippen LogP contribution is -2.53. The quantitative estimate of drug-likeness (QED) is 0.750. The van der Waals surface area contributed by atoms with Crippen LogP contribution in [-0.4, -0.2) is 35.8 Å². The molecule has 2 amide bonds. The Bertz CT molecular complexity index is 848. The Morgan fingerprint density at radius 1 is 1.24 bits per heavy atom. The van der Waals surface area contributed by atoms with E-state index in [2.05, 4.69) is 5.32 Å². The van der Waals surface area contributed by atoms with E-state index in [1.54, 1.807) is 11.8 Å². The summed E-state index contributed by atoms with van der Waals surface area (Å²) in [5.41, 5.74) is 2.38. The summed E-state index contributed by atoms with van der Waals surface area (Å²) in [5, 5.41) is 2.91. The molecule has 6 heteroatoms. The number of esters is 1. The molecule has 2 aliphatic heterocycles. The topological polar surface area (TPSA) is 75.7 Å². The third-order valence-electron chi connectivity index (χ3n) is 6.41. The highest BCUT2D eigenvalue weighted by molar-refractivity contribution is 5.93. The Morgan fingerprint density at radius 2 is 2.03 bits per heavy atom. The maximum Gasteiger partial charge on any atom is 0.318 e. The number of nitrogens with zero attached hydrogens (tertiary/aromatic N) is 1. The maximum absolute atomic E-state index is 13.2. The van der Waals surface area contributed by atoms with Crippen LogP contribution in [0.15, 0.2) is 41.6 Å². The second-order valence-electron chi connectivity index (χ2n) is 8.22. The number of allylic oxidation sites excluding steroid dienone is 1. The summed E-state index contributed by atoms with van der Waals surface area (Å²) in [6.07, 6.45) is 3.86. The minimum Gasteiger partial charge on any atom is -0.465 e. The van der Waals surface area contributed by atoms with E-state index in [4.69, 9.17) is 4.74 Å². The molecule has 2 atom stereocenters. The first-order chi connectivity index (χ1) is 14.0. The second-order valence-corrected chi connectivity index (χ2v) is 8.22. The van der Waals surface area contributed by atoms with Crippen LogP contribution in [0.2, 0.25) is 0 Å². The predicted molar refractivity (Wildman–Crippen MR) is 107 cm³/mol. The van der Waals surface area contributed by atoms with Crippen molar-refractivity contribution in [2.75, 3.05) is 13.2 Å². The van der Waals surface area contributed by atoms with Gasteiger partial charge in [-0.05, 0) is 50.2 Å². The number of rotatable bonds is 6. The Labute approximate surface area is 171 Å². The van der Waals surface area contributed by atoms with Crippen molar-refractivity contribution in [3.05, 3.63) is 47.2 Å². The highest BCUT2D eigenvalue weighted by Gasteiger charge is 2.57. The largest absolute Gasteiger partial charge is 0.465 e. The molecule has 4 rings (SSSR count). The van der Waals surface area contributed by atoms with Crippen molar-refractivity contribution >= 4 is 17.8 Å². The summed E-state index contributed by atoms with van der Waals surface area (Å²) < 4.78 is 5.43. The molecule has 29 heavy (non-hydrogen) atoms. The number of benzene rings is 1. The van der Waals surface area contributed by atoms with Gasteiger partial charge in [0.1, 0.15) is 5.41 Å². The van der Waals surface area contributed by atoms with E-state index in [1.165, 1.54) is 5.57 Å². The van der Waals surface area contributed by atoms with Crippen LogP contribution >= 0.6 is 0 Å². The Morgan fingerprint density at radius 3 is 2.79 bits per heavy atom. The van der Waals surface area contributed by atoms with Crippen LogP contribution in [0.25, 0.3) is 0 Å². The zero-order valence-corrected chi connectivity index (χ0v) is 16.9. The smallest absolute Gasteiger partial charge is 0.318 e. The van der Waals surface area contributed by atoms with Gasteiger partial charge >= 0.3 is 5.97 Å². The summed E-state index contributed by atoms with van der Waals surface area (Å²) in [4.78, 5) is 40.5. The van der Waals surface area contributed by atoms with Crippen LogP contribution in [0.1, 0.15) is 51.0 Å². The van der Waals surface area contributed by atoms with Crippen molar-refractivity contribution in [3.8, 4) is 0 Å². The van der Waals surface area contributed by atoms with Gasteiger partial charge in [0.05, 0.1) is 6.61 Å². The van der Waals surface area contributed by atoms with Gasteiger partial charge in [-0.2, -0.15) is 0 Å². The van der Waals surface area contributed by atoms with Crippen LogP contribution in [0.4, 0.5) is 0 Å². The molecule has 0 aromatic heterocycles. The van der Waals surface area contributed by atoms with Gasteiger partial charge in [-0.25, -0.2) is 0 Å². The van der Waals surface area contributed by atoms with Crippen LogP contribution in [-0.2, 0) is 25.7 Å². The van der Waals surface area contributed by atoms with Crippen LogP contribution in [0, 0.1) is 11.3 Å². The lowest BCUT2D eigenvalue weighted by atomic mass is 9.71. The average Bonchev–Trinajstić information content (AvgIpc) is 3.12. The molecule has 0 radical (unpaired) electrons. The first-order valence-electron chi connectivity index (χ1n) is 10.6. The number of piperidine rings is 1. The number of amides is 2. The number of carbonyl (C=O) groups excluding carboxylic acids is 3. The third-order valence-corrected chi connectivity index (χ3v) is 6.41. The van der Waals surface area contributed by atoms with E-state index in [-0.39, 0.29) is 24.2 Å². The second kappa shape index (κ2) is 8.01.